The maximum atomic E-state index is 12.1. The van der Waals surface area contributed by atoms with Crippen LogP contribution in [0.5, 0.6) is 0 Å². The molecule has 1 fully saturated rings. The van der Waals surface area contributed by atoms with E-state index in [-0.39, 0.29) is 16.1 Å². The Kier molecular flexibility index (Phi) is 3.87. The molecule has 2 heterocycles. The van der Waals surface area contributed by atoms with Gasteiger partial charge >= 0.3 is 5.97 Å². The van der Waals surface area contributed by atoms with Crippen molar-refractivity contribution in [3.05, 3.63) is 18.2 Å². The van der Waals surface area contributed by atoms with Gasteiger partial charge in [-0.1, -0.05) is 11.8 Å². The molecule has 0 spiro atoms. The van der Waals surface area contributed by atoms with Gasteiger partial charge in [-0.25, -0.2) is 17.7 Å². The van der Waals surface area contributed by atoms with Crippen LogP contribution >= 0.6 is 11.8 Å². The van der Waals surface area contributed by atoms with Crippen molar-refractivity contribution in [2.24, 2.45) is 0 Å². The lowest BCUT2D eigenvalue weighted by atomic mass is 10.3. The van der Waals surface area contributed by atoms with E-state index in [0.29, 0.717) is 29.4 Å². The molecular formula is C13H14N2O5S2. The van der Waals surface area contributed by atoms with Crippen LogP contribution in [0.1, 0.15) is 6.42 Å². The van der Waals surface area contributed by atoms with Gasteiger partial charge in [0, 0.05) is 20.5 Å². The van der Waals surface area contributed by atoms with E-state index in [1.54, 1.807) is 6.07 Å². The van der Waals surface area contributed by atoms with Crippen LogP contribution in [0, 0.1) is 0 Å². The van der Waals surface area contributed by atoms with Crippen LogP contribution in [-0.2, 0) is 19.6 Å². The molecule has 1 saturated heterocycles. The molecule has 0 unspecified atom stereocenters. The molecule has 3 rings (SSSR count). The second kappa shape index (κ2) is 5.56. The highest BCUT2D eigenvalue weighted by Crippen LogP contribution is 2.32. The molecule has 0 radical (unpaired) electrons. The van der Waals surface area contributed by atoms with Crippen molar-refractivity contribution in [3.8, 4) is 0 Å². The number of hydrogen-bond donors (Lipinski definition) is 0. The summed E-state index contributed by atoms with van der Waals surface area (Å²) in [5.74, 6) is -0.275. The lowest BCUT2D eigenvalue weighted by Crippen LogP contribution is -2.22. The SMILES string of the molecule is CN(C)S(=O)(=O)c1ccc2oc(S[C@H]3CCOC3=O)nc2c1. The quantitative estimate of drug-likeness (QED) is 0.778. The summed E-state index contributed by atoms with van der Waals surface area (Å²) in [6.07, 6.45) is 0.614. The highest BCUT2D eigenvalue weighted by Gasteiger charge is 2.29. The number of benzene rings is 1. The molecule has 0 saturated carbocycles. The standard InChI is InChI=1S/C13H14N2O5S2/c1-15(2)22(17,18)8-3-4-10-9(7-8)14-13(20-10)21-11-5-6-19-12(11)16/h3-4,7,11H,5-6H2,1-2H3/t11-/m0/s1. The molecule has 0 bridgehead atoms. The minimum Gasteiger partial charge on any atom is -0.465 e. The number of oxazole rings is 1. The third kappa shape index (κ3) is 2.71. The van der Waals surface area contributed by atoms with Crippen molar-refractivity contribution >= 4 is 38.9 Å². The van der Waals surface area contributed by atoms with Crippen LogP contribution in [0.25, 0.3) is 11.1 Å². The fourth-order valence-electron chi connectivity index (χ4n) is 2.01. The first-order valence-corrected chi connectivity index (χ1v) is 8.86. The first kappa shape index (κ1) is 15.3. The topological polar surface area (TPSA) is 89.7 Å². The summed E-state index contributed by atoms with van der Waals surface area (Å²) in [5.41, 5.74) is 0.920. The average Bonchev–Trinajstić information content (AvgIpc) is 3.04. The molecule has 1 aliphatic heterocycles. The number of thioether (sulfide) groups is 1. The maximum absolute atomic E-state index is 12.1. The molecule has 0 aliphatic carbocycles. The summed E-state index contributed by atoms with van der Waals surface area (Å²) in [6, 6.07) is 4.50. The van der Waals surface area contributed by atoms with Gasteiger partial charge in [0.15, 0.2) is 5.58 Å². The first-order valence-electron chi connectivity index (χ1n) is 6.54. The molecule has 0 N–H and O–H groups in total. The van der Waals surface area contributed by atoms with E-state index >= 15 is 0 Å². The van der Waals surface area contributed by atoms with Crippen molar-refractivity contribution in [3.63, 3.8) is 0 Å². The second-order valence-electron chi connectivity index (χ2n) is 4.96. The number of cyclic esters (lactones) is 1. The summed E-state index contributed by atoms with van der Waals surface area (Å²) in [5, 5.41) is 0.0105. The van der Waals surface area contributed by atoms with Crippen molar-refractivity contribution in [2.45, 2.75) is 21.8 Å². The molecule has 9 heteroatoms. The fraction of sp³-hybridized carbons (Fsp3) is 0.385. The highest BCUT2D eigenvalue weighted by molar-refractivity contribution is 8.00. The predicted octanol–water partition coefficient (Wildman–Crippen LogP) is 1.49. The molecular weight excluding hydrogens is 328 g/mol. The minimum absolute atomic E-state index is 0.148. The van der Waals surface area contributed by atoms with E-state index in [2.05, 4.69) is 4.98 Å². The zero-order valence-corrected chi connectivity index (χ0v) is 13.6. The van der Waals surface area contributed by atoms with Crippen LogP contribution in [0.4, 0.5) is 0 Å². The Morgan fingerprint density at radius 3 is 2.77 bits per heavy atom. The van der Waals surface area contributed by atoms with Crippen LogP contribution in [-0.4, -0.2) is 49.6 Å². The Hall–Kier alpha value is -1.58. The second-order valence-corrected chi connectivity index (χ2v) is 8.27. The molecule has 1 aliphatic rings. The zero-order valence-electron chi connectivity index (χ0n) is 12.0. The van der Waals surface area contributed by atoms with Gasteiger partial charge < -0.3 is 9.15 Å². The number of hydrogen-bond acceptors (Lipinski definition) is 7. The summed E-state index contributed by atoms with van der Waals surface area (Å²) in [4.78, 5) is 15.9. The van der Waals surface area contributed by atoms with Gasteiger partial charge in [0.2, 0.25) is 10.0 Å². The third-order valence-corrected chi connectivity index (χ3v) is 6.15. The maximum Gasteiger partial charge on any atom is 0.319 e. The number of fused-ring (bicyclic) bond motifs is 1. The molecule has 22 heavy (non-hydrogen) atoms. The molecule has 0 amide bonds. The summed E-state index contributed by atoms with van der Waals surface area (Å²) >= 11 is 1.19. The highest BCUT2D eigenvalue weighted by atomic mass is 32.2. The smallest absolute Gasteiger partial charge is 0.319 e. The van der Waals surface area contributed by atoms with Gasteiger partial charge in [0.05, 0.1) is 11.5 Å². The largest absolute Gasteiger partial charge is 0.465 e. The number of aromatic nitrogens is 1. The molecule has 1 atom stereocenters. The Balaban J connectivity index is 1.92. The zero-order chi connectivity index (χ0) is 15.9. The van der Waals surface area contributed by atoms with E-state index in [4.69, 9.17) is 9.15 Å². The lowest BCUT2D eigenvalue weighted by Gasteiger charge is -2.10. The number of sulfonamides is 1. The average molecular weight is 342 g/mol. The minimum atomic E-state index is -3.52. The Bertz CT molecular complexity index is 828. The van der Waals surface area contributed by atoms with E-state index in [9.17, 15) is 13.2 Å². The van der Waals surface area contributed by atoms with E-state index in [1.807, 2.05) is 0 Å². The van der Waals surface area contributed by atoms with Gasteiger partial charge in [0.25, 0.3) is 5.22 Å². The number of esters is 1. The Morgan fingerprint density at radius 2 is 2.14 bits per heavy atom. The number of carbonyl (C=O) groups is 1. The van der Waals surface area contributed by atoms with Crippen LogP contribution in [0.3, 0.4) is 0 Å². The monoisotopic (exact) mass is 342 g/mol. The number of ether oxygens (including phenoxy) is 1. The molecule has 118 valence electrons. The van der Waals surface area contributed by atoms with Gasteiger partial charge in [0.1, 0.15) is 10.8 Å². The molecule has 1 aromatic carbocycles. The van der Waals surface area contributed by atoms with Gasteiger partial charge in [-0.2, -0.15) is 0 Å². The Labute approximate surface area is 131 Å². The summed E-state index contributed by atoms with van der Waals surface area (Å²) in [6.45, 7) is 0.405. The van der Waals surface area contributed by atoms with Crippen LogP contribution in [0.2, 0.25) is 0 Å². The number of rotatable bonds is 4. The van der Waals surface area contributed by atoms with Gasteiger partial charge in [-0.15, -0.1) is 0 Å². The van der Waals surface area contributed by atoms with Crippen molar-refractivity contribution in [1.29, 1.82) is 0 Å². The molecule has 2 aromatic rings. The number of nitrogens with zero attached hydrogens (tertiary/aromatic N) is 2. The predicted molar refractivity (Wildman–Crippen MR) is 80.1 cm³/mol. The summed E-state index contributed by atoms with van der Waals surface area (Å²) in [7, 11) is -0.584. The van der Waals surface area contributed by atoms with E-state index < -0.39 is 10.0 Å². The third-order valence-electron chi connectivity index (χ3n) is 3.25. The van der Waals surface area contributed by atoms with Gasteiger partial charge in [-0.3, -0.25) is 4.79 Å². The Morgan fingerprint density at radius 1 is 1.36 bits per heavy atom. The van der Waals surface area contributed by atoms with E-state index in [1.165, 1.54) is 38.0 Å². The molecule has 1 aromatic heterocycles. The molecule has 7 nitrogen and oxygen atoms in total. The van der Waals surface area contributed by atoms with Crippen molar-refractivity contribution < 1.29 is 22.4 Å². The number of carbonyl (C=O) groups excluding carboxylic acids is 1. The van der Waals surface area contributed by atoms with Gasteiger partial charge in [-0.05, 0) is 18.2 Å². The normalized spacial score (nSPS) is 19.0. The van der Waals surface area contributed by atoms with Crippen molar-refractivity contribution in [2.75, 3.05) is 20.7 Å². The first-order chi connectivity index (χ1) is 10.4. The van der Waals surface area contributed by atoms with Crippen molar-refractivity contribution in [1.82, 2.24) is 9.29 Å². The van der Waals surface area contributed by atoms with E-state index in [0.717, 1.165) is 4.31 Å². The lowest BCUT2D eigenvalue weighted by molar-refractivity contribution is -0.137. The van der Waals surface area contributed by atoms with Crippen LogP contribution in [0.15, 0.2) is 32.7 Å². The van der Waals surface area contributed by atoms with Crippen LogP contribution < -0.4 is 0 Å². The summed E-state index contributed by atoms with van der Waals surface area (Å²) < 4.78 is 35.8. The fourth-order valence-corrected chi connectivity index (χ4v) is 3.85.